The first kappa shape index (κ1) is 28.2. The number of benzene rings is 2. The molecule has 0 saturated heterocycles. The monoisotopic (exact) mass is 504 g/mol. The topological polar surface area (TPSA) is 44.8 Å². The molecule has 192 valence electrons. The summed E-state index contributed by atoms with van der Waals surface area (Å²) in [6.45, 7) is 5.37. The maximum Gasteiger partial charge on any atom is 0.416 e. The molecule has 0 saturated carbocycles. The molecule has 0 aliphatic heterocycles. The normalized spacial score (nSPS) is 13.5. The summed E-state index contributed by atoms with van der Waals surface area (Å²) in [7, 11) is 0. The molecule has 4 nitrogen and oxygen atoms in total. The standard InChI is InChI=1S/C25H26F6O4/c1-4-33-22(23(32)34-5-2)12-17-6-8-21(9-7-17)35-11-10-16(3)18-13-19(24(26,27)28)15-20(14-18)25(29,30)31/h6-10,13-15,22H,4-5,11-12H2,1-3H3/b16-10+. The molecule has 0 heterocycles. The van der Waals surface area contributed by atoms with Crippen LogP contribution in [0.3, 0.4) is 0 Å². The molecular formula is C25H26F6O4. The van der Waals surface area contributed by atoms with Crippen LogP contribution in [0, 0.1) is 0 Å². The molecule has 0 radical (unpaired) electrons. The number of hydrogen-bond donors (Lipinski definition) is 0. The Balaban J connectivity index is 2.09. The van der Waals surface area contributed by atoms with Crippen molar-refractivity contribution in [2.75, 3.05) is 19.8 Å². The number of hydrogen-bond acceptors (Lipinski definition) is 4. The molecule has 0 aliphatic rings. The van der Waals surface area contributed by atoms with Crippen molar-refractivity contribution in [3.8, 4) is 5.75 Å². The van der Waals surface area contributed by atoms with E-state index < -0.39 is 35.6 Å². The Labute approximate surface area is 199 Å². The fraction of sp³-hybridized carbons (Fsp3) is 0.400. The first-order chi connectivity index (χ1) is 16.3. The Hall–Kier alpha value is -3.01. The zero-order valence-corrected chi connectivity index (χ0v) is 19.4. The van der Waals surface area contributed by atoms with Crippen LogP contribution < -0.4 is 4.74 Å². The first-order valence-electron chi connectivity index (χ1n) is 10.8. The largest absolute Gasteiger partial charge is 0.490 e. The van der Waals surface area contributed by atoms with Gasteiger partial charge in [0.1, 0.15) is 12.4 Å². The minimum Gasteiger partial charge on any atom is -0.490 e. The van der Waals surface area contributed by atoms with Crippen LogP contribution in [-0.4, -0.2) is 31.9 Å². The molecule has 0 bridgehead atoms. The maximum atomic E-state index is 13.1. The zero-order valence-electron chi connectivity index (χ0n) is 19.4. The lowest BCUT2D eigenvalue weighted by molar-refractivity contribution is -0.156. The second-order valence-electron chi connectivity index (χ2n) is 7.54. The highest BCUT2D eigenvalue weighted by atomic mass is 19.4. The first-order valence-corrected chi connectivity index (χ1v) is 10.8. The van der Waals surface area contributed by atoms with Gasteiger partial charge in [-0.15, -0.1) is 0 Å². The number of carbonyl (C=O) groups is 1. The predicted octanol–water partition coefficient (Wildman–Crippen LogP) is 6.72. The molecular weight excluding hydrogens is 478 g/mol. The fourth-order valence-corrected chi connectivity index (χ4v) is 3.15. The van der Waals surface area contributed by atoms with E-state index in [4.69, 9.17) is 14.2 Å². The second kappa shape index (κ2) is 12.1. The SMILES string of the molecule is CCOC(=O)C(Cc1ccc(OC/C=C(\C)c2cc(C(F)(F)F)cc(C(F)(F)F)c2)cc1)OCC. The fourth-order valence-electron chi connectivity index (χ4n) is 3.15. The van der Waals surface area contributed by atoms with Crippen LogP contribution in [0.25, 0.3) is 5.57 Å². The molecule has 2 aromatic carbocycles. The van der Waals surface area contributed by atoms with Crippen LogP contribution in [0.15, 0.2) is 48.5 Å². The molecule has 10 heteroatoms. The highest BCUT2D eigenvalue weighted by molar-refractivity contribution is 5.75. The molecule has 0 N–H and O–H groups in total. The Bertz CT molecular complexity index is 978. The smallest absolute Gasteiger partial charge is 0.416 e. The molecule has 0 aromatic heterocycles. The van der Waals surface area contributed by atoms with E-state index in [-0.39, 0.29) is 30.4 Å². The lowest BCUT2D eigenvalue weighted by Gasteiger charge is -2.16. The quantitative estimate of drug-likeness (QED) is 0.266. The van der Waals surface area contributed by atoms with Crippen molar-refractivity contribution >= 4 is 11.5 Å². The summed E-state index contributed by atoms with van der Waals surface area (Å²) in [4.78, 5) is 12.0. The minimum atomic E-state index is -4.91. The molecule has 2 aromatic rings. The van der Waals surface area contributed by atoms with Gasteiger partial charge in [0.25, 0.3) is 0 Å². The lowest BCUT2D eigenvalue weighted by atomic mass is 10.00. The van der Waals surface area contributed by atoms with Gasteiger partial charge >= 0.3 is 18.3 Å². The summed E-state index contributed by atoms with van der Waals surface area (Å²) in [5, 5.41) is 0. The van der Waals surface area contributed by atoms with E-state index in [9.17, 15) is 31.1 Å². The van der Waals surface area contributed by atoms with Crippen LogP contribution in [0.5, 0.6) is 5.75 Å². The number of allylic oxidation sites excluding steroid dienone is 1. The predicted molar refractivity (Wildman–Crippen MR) is 118 cm³/mol. The van der Waals surface area contributed by atoms with Gasteiger partial charge in [-0.1, -0.05) is 12.1 Å². The molecule has 0 amide bonds. The summed E-state index contributed by atoms with van der Waals surface area (Å²) < 4.78 is 94.4. The van der Waals surface area contributed by atoms with Crippen molar-refractivity contribution < 1.29 is 45.3 Å². The molecule has 35 heavy (non-hydrogen) atoms. The molecule has 1 atom stereocenters. The van der Waals surface area contributed by atoms with E-state index in [2.05, 4.69) is 0 Å². The van der Waals surface area contributed by atoms with Crippen molar-refractivity contribution in [2.45, 2.75) is 45.6 Å². The summed E-state index contributed by atoms with van der Waals surface area (Å²) in [5.41, 5.74) is -1.96. The minimum absolute atomic E-state index is 0.0762. The van der Waals surface area contributed by atoms with Gasteiger partial charge in [-0.2, -0.15) is 26.3 Å². The van der Waals surface area contributed by atoms with E-state index in [1.807, 2.05) is 0 Å². The van der Waals surface area contributed by atoms with Gasteiger partial charge in [-0.05, 0) is 73.9 Å². The summed E-state index contributed by atoms with van der Waals surface area (Å²) in [6, 6.07) is 8.16. The summed E-state index contributed by atoms with van der Waals surface area (Å²) in [6.07, 6.45) is -8.88. The highest BCUT2D eigenvalue weighted by Crippen LogP contribution is 2.37. The van der Waals surface area contributed by atoms with Gasteiger partial charge in [0.05, 0.1) is 17.7 Å². The molecule has 0 aliphatic carbocycles. The van der Waals surface area contributed by atoms with Crippen LogP contribution >= 0.6 is 0 Å². The van der Waals surface area contributed by atoms with E-state index in [0.717, 1.165) is 5.56 Å². The van der Waals surface area contributed by atoms with Gasteiger partial charge in [0, 0.05) is 13.0 Å². The Kier molecular flexibility index (Phi) is 9.76. The Morgan fingerprint density at radius 2 is 1.49 bits per heavy atom. The van der Waals surface area contributed by atoms with Crippen molar-refractivity contribution in [1.29, 1.82) is 0 Å². The molecule has 1 unspecified atom stereocenters. The molecule has 2 rings (SSSR count). The average Bonchev–Trinajstić information content (AvgIpc) is 2.78. The third kappa shape index (κ3) is 8.61. The van der Waals surface area contributed by atoms with Crippen LogP contribution in [0.1, 0.15) is 43.0 Å². The summed E-state index contributed by atoms with van der Waals surface area (Å²) >= 11 is 0. The number of ether oxygens (including phenoxy) is 3. The molecule has 0 spiro atoms. The number of alkyl halides is 6. The summed E-state index contributed by atoms with van der Waals surface area (Å²) in [5.74, 6) is -0.0273. The lowest BCUT2D eigenvalue weighted by Crippen LogP contribution is -2.28. The Morgan fingerprint density at radius 1 is 0.914 bits per heavy atom. The van der Waals surface area contributed by atoms with E-state index >= 15 is 0 Å². The Morgan fingerprint density at radius 3 is 1.97 bits per heavy atom. The third-order valence-corrected chi connectivity index (χ3v) is 4.94. The van der Waals surface area contributed by atoms with Crippen LogP contribution in [0.4, 0.5) is 26.3 Å². The van der Waals surface area contributed by atoms with Crippen LogP contribution in [-0.2, 0) is 33.0 Å². The highest BCUT2D eigenvalue weighted by Gasteiger charge is 2.37. The molecule has 0 fully saturated rings. The van der Waals surface area contributed by atoms with Crippen molar-refractivity contribution in [3.63, 3.8) is 0 Å². The zero-order chi connectivity index (χ0) is 26.2. The van der Waals surface area contributed by atoms with Gasteiger partial charge in [-0.3, -0.25) is 0 Å². The number of halogens is 6. The second-order valence-corrected chi connectivity index (χ2v) is 7.54. The van der Waals surface area contributed by atoms with Crippen molar-refractivity contribution in [1.82, 2.24) is 0 Å². The number of rotatable bonds is 10. The van der Waals surface area contributed by atoms with E-state index in [0.29, 0.717) is 30.9 Å². The van der Waals surface area contributed by atoms with Gasteiger partial charge < -0.3 is 14.2 Å². The van der Waals surface area contributed by atoms with Crippen molar-refractivity contribution in [2.24, 2.45) is 0 Å². The van der Waals surface area contributed by atoms with Gasteiger partial charge in [0.15, 0.2) is 6.10 Å². The van der Waals surface area contributed by atoms with E-state index in [1.165, 1.54) is 13.0 Å². The van der Waals surface area contributed by atoms with Gasteiger partial charge in [0.2, 0.25) is 0 Å². The van der Waals surface area contributed by atoms with E-state index in [1.54, 1.807) is 38.1 Å². The third-order valence-electron chi connectivity index (χ3n) is 4.94. The van der Waals surface area contributed by atoms with Crippen molar-refractivity contribution in [3.05, 3.63) is 70.8 Å². The number of esters is 1. The average molecular weight is 504 g/mol. The maximum absolute atomic E-state index is 13.1. The number of carbonyl (C=O) groups excluding carboxylic acids is 1. The van der Waals surface area contributed by atoms with Crippen LogP contribution in [0.2, 0.25) is 0 Å². The van der Waals surface area contributed by atoms with Gasteiger partial charge in [-0.25, -0.2) is 4.79 Å².